The van der Waals surface area contributed by atoms with Gasteiger partial charge in [-0.15, -0.1) is 0 Å². The quantitative estimate of drug-likeness (QED) is 0.119. The molecular weight excluding hydrogens is 647 g/mol. The molecule has 0 atom stereocenters. The van der Waals surface area contributed by atoms with Crippen molar-refractivity contribution in [3.63, 3.8) is 0 Å². The fourth-order valence-corrected chi connectivity index (χ4v) is 4.48. The van der Waals surface area contributed by atoms with Gasteiger partial charge in [0.1, 0.15) is 0 Å². The lowest BCUT2D eigenvalue weighted by atomic mass is 10.0. The van der Waals surface area contributed by atoms with Gasteiger partial charge < -0.3 is 20.1 Å². The van der Waals surface area contributed by atoms with Crippen LogP contribution < -0.4 is 25.5 Å². The van der Waals surface area contributed by atoms with E-state index in [1.165, 1.54) is 18.9 Å². The number of hydrazone groups is 1. The lowest BCUT2D eigenvalue weighted by molar-refractivity contribution is -0.139. The van der Waals surface area contributed by atoms with Crippen molar-refractivity contribution in [1.29, 1.82) is 0 Å². The second kappa shape index (κ2) is 14.7. The molecular formula is C29H30ClIN4O5. The van der Waals surface area contributed by atoms with E-state index in [0.717, 1.165) is 11.1 Å². The monoisotopic (exact) mass is 676 g/mol. The van der Waals surface area contributed by atoms with Gasteiger partial charge in [0.05, 0.1) is 16.9 Å². The van der Waals surface area contributed by atoms with Crippen LogP contribution in [0.15, 0.2) is 59.7 Å². The Hall–Kier alpha value is -3.64. The zero-order valence-electron chi connectivity index (χ0n) is 22.5. The smallest absolute Gasteiger partial charge is 0.329 e. The Morgan fingerprint density at radius 2 is 1.80 bits per heavy atom. The Kier molecular flexibility index (Phi) is 11.3. The van der Waals surface area contributed by atoms with E-state index < -0.39 is 11.8 Å². The number of methoxy groups -OCH3 is 1. The number of ether oxygens (including phenoxy) is 2. The topological polar surface area (TPSA) is 118 Å². The van der Waals surface area contributed by atoms with Crippen LogP contribution >= 0.6 is 34.2 Å². The molecule has 0 radical (unpaired) electrons. The number of anilines is 1. The molecule has 210 valence electrons. The largest absolute Gasteiger partial charge is 0.493 e. The Balaban J connectivity index is 1.54. The zero-order valence-corrected chi connectivity index (χ0v) is 25.4. The van der Waals surface area contributed by atoms with Crippen LogP contribution in [0.1, 0.15) is 42.0 Å². The first kappa shape index (κ1) is 30.9. The summed E-state index contributed by atoms with van der Waals surface area (Å²) in [5.74, 6) is -0.890. The van der Waals surface area contributed by atoms with E-state index in [9.17, 15) is 14.4 Å². The van der Waals surface area contributed by atoms with Gasteiger partial charge in [-0.3, -0.25) is 14.4 Å². The molecule has 0 unspecified atom stereocenters. The first-order valence-electron chi connectivity index (χ1n) is 12.3. The average Bonchev–Trinajstić information content (AvgIpc) is 2.93. The van der Waals surface area contributed by atoms with Gasteiger partial charge in [-0.1, -0.05) is 55.8 Å². The lowest BCUT2D eigenvalue weighted by Gasteiger charge is -2.14. The third-order valence-electron chi connectivity index (χ3n) is 5.83. The maximum atomic E-state index is 12.4. The highest BCUT2D eigenvalue weighted by atomic mass is 127. The number of rotatable bonds is 10. The number of carbonyl (C=O) groups excluding carboxylic acids is 3. The van der Waals surface area contributed by atoms with E-state index in [2.05, 4.69) is 35.0 Å². The molecule has 11 heteroatoms. The van der Waals surface area contributed by atoms with Crippen LogP contribution in [0, 0.1) is 10.5 Å². The van der Waals surface area contributed by atoms with Crippen molar-refractivity contribution < 1.29 is 23.9 Å². The first-order chi connectivity index (χ1) is 19.1. The van der Waals surface area contributed by atoms with Gasteiger partial charge >= 0.3 is 11.8 Å². The van der Waals surface area contributed by atoms with Crippen LogP contribution in [-0.4, -0.2) is 37.7 Å². The Labute approximate surface area is 251 Å². The number of nitrogens with zero attached hydrogens (tertiary/aromatic N) is 1. The van der Waals surface area contributed by atoms with Crippen LogP contribution in [0.2, 0.25) is 5.02 Å². The van der Waals surface area contributed by atoms with E-state index >= 15 is 0 Å². The summed E-state index contributed by atoms with van der Waals surface area (Å²) in [5, 5.41) is 9.77. The second-order valence-electron chi connectivity index (χ2n) is 9.06. The molecule has 3 aromatic rings. The molecule has 3 amide bonds. The van der Waals surface area contributed by atoms with Gasteiger partial charge in [0, 0.05) is 17.3 Å². The number of hydrogen-bond donors (Lipinski definition) is 3. The first-order valence-corrected chi connectivity index (χ1v) is 13.8. The fraction of sp³-hybridized carbons (Fsp3) is 0.241. The predicted octanol–water partition coefficient (Wildman–Crippen LogP) is 5.17. The minimum atomic E-state index is -0.891. The zero-order chi connectivity index (χ0) is 29.2. The molecule has 0 spiro atoms. The molecule has 9 nitrogen and oxygen atoms in total. The third kappa shape index (κ3) is 8.68. The molecule has 0 saturated carbocycles. The van der Waals surface area contributed by atoms with E-state index in [4.69, 9.17) is 21.1 Å². The van der Waals surface area contributed by atoms with Crippen molar-refractivity contribution in [2.75, 3.05) is 19.0 Å². The van der Waals surface area contributed by atoms with Gasteiger partial charge in [-0.25, -0.2) is 5.43 Å². The predicted molar refractivity (Wildman–Crippen MR) is 164 cm³/mol. The van der Waals surface area contributed by atoms with Gasteiger partial charge in [-0.2, -0.15) is 5.10 Å². The van der Waals surface area contributed by atoms with Gasteiger partial charge in [0.15, 0.2) is 18.1 Å². The van der Waals surface area contributed by atoms with Crippen LogP contribution in [0.4, 0.5) is 5.69 Å². The average molecular weight is 677 g/mol. The molecule has 0 aliphatic heterocycles. The van der Waals surface area contributed by atoms with Crippen molar-refractivity contribution >= 4 is 63.8 Å². The molecule has 0 saturated heterocycles. The molecule has 3 N–H and O–H groups in total. The number of amides is 3. The number of benzene rings is 3. The highest BCUT2D eigenvalue weighted by Crippen LogP contribution is 2.33. The Morgan fingerprint density at radius 3 is 2.48 bits per heavy atom. The molecule has 3 rings (SSSR count). The highest BCUT2D eigenvalue weighted by molar-refractivity contribution is 14.1. The van der Waals surface area contributed by atoms with Crippen LogP contribution in [0.25, 0.3) is 0 Å². The maximum absolute atomic E-state index is 12.4. The molecule has 0 aromatic heterocycles. The summed E-state index contributed by atoms with van der Waals surface area (Å²) in [5.41, 5.74) is 6.24. The van der Waals surface area contributed by atoms with Gasteiger partial charge in [0.25, 0.3) is 5.91 Å². The summed E-state index contributed by atoms with van der Waals surface area (Å²) >= 11 is 8.16. The van der Waals surface area contributed by atoms with Gasteiger partial charge in [-0.05, 0) is 82.0 Å². The normalized spacial score (nSPS) is 10.9. The minimum absolute atomic E-state index is 0.224. The van der Waals surface area contributed by atoms with Crippen LogP contribution in [0.5, 0.6) is 11.5 Å². The van der Waals surface area contributed by atoms with Crippen molar-refractivity contribution in [3.05, 3.63) is 85.4 Å². The van der Waals surface area contributed by atoms with Crippen molar-refractivity contribution in [2.24, 2.45) is 5.10 Å². The summed E-state index contributed by atoms with van der Waals surface area (Å²) in [4.78, 5) is 36.7. The molecule has 0 heterocycles. The van der Waals surface area contributed by atoms with E-state index in [0.29, 0.717) is 37.3 Å². The van der Waals surface area contributed by atoms with Crippen molar-refractivity contribution in [2.45, 2.75) is 33.2 Å². The number of nitrogens with one attached hydrogen (secondary N) is 3. The summed E-state index contributed by atoms with van der Waals surface area (Å²) in [6.45, 7) is 5.99. The summed E-state index contributed by atoms with van der Waals surface area (Å²) in [6, 6.07) is 16.4. The minimum Gasteiger partial charge on any atom is -0.493 e. The number of hydrogen-bond acceptors (Lipinski definition) is 6. The standard InChI is InChI=1S/C29H30ClIN4O5/c1-17(2)21-10-8-19(9-11-21)14-32-28(37)29(38)35-33-15-20-12-23(31)27(25(13-20)39-4)40-16-26(36)34-24-7-5-6-22(30)18(24)3/h5-13,15,17H,14,16H2,1-4H3,(H,32,37)(H,34,36)(H,35,38)/b33-15-. The van der Waals surface area contributed by atoms with E-state index in [1.54, 1.807) is 30.3 Å². The number of halogens is 2. The molecule has 40 heavy (non-hydrogen) atoms. The fourth-order valence-electron chi connectivity index (χ4n) is 3.52. The molecule has 0 fully saturated rings. The SMILES string of the molecule is COc1cc(/C=N\NC(=O)C(=O)NCc2ccc(C(C)C)cc2)cc(I)c1OCC(=O)Nc1cccc(Cl)c1C. The van der Waals surface area contributed by atoms with Gasteiger partial charge in [0.2, 0.25) is 0 Å². The summed E-state index contributed by atoms with van der Waals surface area (Å²) < 4.78 is 11.8. The molecule has 0 bridgehead atoms. The summed E-state index contributed by atoms with van der Waals surface area (Å²) in [6.07, 6.45) is 1.37. The molecule has 0 aliphatic carbocycles. The lowest BCUT2D eigenvalue weighted by Crippen LogP contribution is -2.37. The second-order valence-corrected chi connectivity index (χ2v) is 10.6. The molecule has 3 aromatic carbocycles. The molecule has 0 aliphatic rings. The van der Waals surface area contributed by atoms with E-state index in [1.807, 2.05) is 53.8 Å². The van der Waals surface area contributed by atoms with Crippen molar-refractivity contribution in [1.82, 2.24) is 10.7 Å². The van der Waals surface area contributed by atoms with Crippen molar-refractivity contribution in [3.8, 4) is 11.5 Å². The Morgan fingerprint density at radius 1 is 1.07 bits per heavy atom. The summed E-state index contributed by atoms with van der Waals surface area (Å²) in [7, 11) is 1.47. The van der Waals surface area contributed by atoms with Crippen LogP contribution in [0.3, 0.4) is 0 Å². The highest BCUT2D eigenvalue weighted by Gasteiger charge is 2.15. The van der Waals surface area contributed by atoms with E-state index in [-0.39, 0.29) is 19.1 Å². The van der Waals surface area contributed by atoms with Crippen LogP contribution in [-0.2, 0) is 20.9 Å². The Bertz CT molecular complexity index is 1410. The third-order valence-corrected chi connectivity index (χ3v) is 7.04. The number of carbonyl (C=O) groups is 3. The maximum Gasteiger partial charge on any atom is 0.329 e.